The summed E-state index contributed by atoms with van der Waals surface area (Å²) in [6.45, 7) is -1.58. The number of carbonyl (C=O) groups excluding carboxylic acids is 9. The molecule has 0 aromatic rings. The van der Waals surface area contributed by atoms with E-state index in [4.69, 9.17) is 10.8 Å². The summed E-state index contributed by atoms with van der Waals surface area (Å²) in [4.78, 5) is 204. The van der Waals surface area contributed by atoms with E-state index in [9.17, 15) is 112 Å². The third kappa shape index (κ3) is 23.4. The van der Waals surface area contributed by atoms with Gasteiger partial charge in [0.05, 0.1) is 32.3 Å². The quantitative estimate of drug-likeness (QED) is 0.0278. The Kier molecular flexibility index (Phi) is 23.8. The molecule has 1 aliphatic heterocycles. The first-order valence-electron chi connectivity index (χ1n) is 19.6. The lowest BCUT2D eigenvalue weighted by Crippen LogP contribution is -2.61. The zero-order chi connectivity index (χ0) is 52.9. The Balaban J connectivity index is 3.52. The number of carboxylic acid groups (broad SMARTS) is 6. The summed E-state index contributed by atoms with van der Waals surface area (Å²) in [6.07, 6.45) is -8.71. The summed E-state index contributed by atoms with van der Waals surface area (Å²) in [6, 6.07) is -16.6. The van der Waals surface area contributed by atoms with Crippen molar-refractivity contribution >= 4 is 96.8 Å². The Morgan fingerprint density at radius 2 is 0.884 bits per heavy atom. The molecule has 1 rings (SSSR count). The number of nitrogens with one attached hydrogen (secondary N) is 8. The molecule has 1 heterocycles. The van der Waals surface area contributed by atoms with Gasteiger partial charge in [-0.3, -0.25) is 71.6 Å². The lowest BCUT2D eigenvalue weighted by atomic mass is 10.1. The monoisotopic (exact) mass is 1010 g/mol. The summed E-state index contributed by atoms with van der Waals surface area (Å²) in [5.41, 5.74) is 4.98. The van der Waals surface area contributed by atoms with Crippen molar-refractivity contribution in [2.45, 2.75) is 113 Å². The number of amides is 9. The molecular weight excluding hydrogens is 965 g/mol. The van der Waals surface area contributed by atoms with Gasteiger partial charge >= 0.3 is 43.6 Å². The lowest BCUT2D eigenvalue weighted by molar-refractivity contribution is -0.144. The molecule has 0 spiro atoms. The molecule has 0 aliphatic carbocycles. The molecule has 1 aliphatic rings. The normalized spacial score (nSPS) is 16.1. The van der Waals surface area contributed by atoms with Gasteiger partial charge < -0.3 is 88.7 Å². The molecule has 0 saturated carbocycles. The van der Waals surface area contributed by atoms with Gasteiger partial charge in [0.1, 0.15) is 48.3 Å². The number of primary amides is 1. The Morgan fingerprint density at radius 3 is 1.22 bits per heavy atom. The number of carboxylic acids is 6. The van der Waals surface area contributed by atoms with Crippen LogP contribution in [0.3, 0.4) is 0 Å². The van der Waals surface area contributed by atoms with Crippen molar-refractivity contribution in [3.8, 4) is 0 Å². The Labute approximate surface area is 385 Å². The van der Waals surface area contributed by atoms with Gasteiger partial charge in [0.25, 0.3) is 0 Å². The molecular formula is C34H48N9O25P. The minimum Gasteiger partial charge on any atom is -0.481 e. The van der Waals surface area contributed by atoms with Gasteiger partial charge in [0, 0.05) is 19.3 Å². The van der Waals surface area contributed by atoms with Crippen molar-refractivity contribution in [2.24, 2.45) is 5.73 Å². The van der Waals surface area contributed by atoms with Gasteiger partial charge in [-0.2, -0.15) is 0 Å². The van der Waals surface area contributed by atoms with E-state index >= 15 is 0 Å². The molecule has 69 heavy (non-hydrogen) atoms. The van der Waals surface area contributed by atoms with E-state index in [2.05, 4.69) is 9.84 Å². The second kappa shape index (κ2) is 27.7. The maximum atomic E-state index is 13.5. The first kappa shape index (κ1) is 59.2. The second-order valence-electron chi connectivity index (χ2n) is 14.5. The van der Waals surface area contributed by atoms with E-state index in [0.29, 0.717) is 0 Å². The number of rotatable bonds is 32. The van der Waals surface area contributed by atoms with E-state index in [-0.39, 0.29) is 12.8 Å². The minimum atomic E-state index is -5.59. The number of phosphoric ester groups is 1. The van der Waals surface area contributed by atoms with Gasteiger partial charge in [-0.25, -0.2) is 9.36 Å². The van der Waals surface area contributed by atoms with E-state index in [1.54, 1.807) is 10.6 Å². The van der Waals surface area contributed by atoms with Crippen LogP contribution in [-0.2, 0) is 81.0 Å². The highest BCUT2D eigenvalue weighted by atomic mass is 31.2. The predicted octanol–water partition coefficient (Wildman–Crippen LogP) is -8.12. The molecule has 384 valence electrons. The molecule has 9 amide bonds. The van der Waals surface area contributed by atoms with E-state index < -0.39 is 203 Å². The largest absolute Gasteiger partial charge is 0.481 e. The average molecular weight is 1010 g/mol. The van der Waals surface area contributed by atoms with Gasteiger partial charge in [-0.1, -0.05) is 0 Å². The van der Waals surface area contributed by atoms with E-state index in [1.807, 2.05) is 26.6 Å². The molecule has 0 aromatic carbocycles. The van der Waals surface area contributed by atoms with E-state index in [0.717, 1.165) is 0 Å². The van der Waals surface area contributed by atoms with Crippen LogP contribution in [0.25, 0.3) is 0 Å². The molecule has 0 unspecified atom stereocenters. The van der Waals surface area contributed by atoms with Crippen LogP contribution in [-0.4, -0.2) is 184 Å². The van der Waals surface area contributed by atoms with E-state index in [1.165, 1.54) is 0 Å². The molecule has 8 atom stereocenters. The third-order valence-electron chi connectivity index (χ3n) is 8.97. The van der Waals surface area contributed by atoms with Gasteiger partial charge in [-0.05, 0) is 19.3 Å². The predicted molar refractivity (Wildman–Crippen MR) is 215 cm³/mol. The highest BCUT2D eigenvalue weighted by molar-refractivity contribution is 7.46. The van der Waals surface area contributed by atoms with Crippen LogP contribution in [0.2, 0.25) is 0 Å². The number of hydrogen-bond donors (Lipinski definition) is 17. The third-order valence-corrected chi connectivity index (χ3v) is 9.45. The van der Waals surface area contributed by atoms with Crippen LogP contribution in [0.1, 0.15) is 64.2 Å². The summed E-state index contributed by atoms with van der Waals surface area (Å²) in [5, 5.41) is 71.4. The lowest BCUT2D eigenvalue weighted by Gasteiger charge is -2.27. The highest BCUT2D eigenvalue weighted by Crippen LogP contribution is 2.35. The maximum absolute atomic E-state index is 13.5. The molecule has 1 fully saturated rings. The van der Waals surface area contributed by atoms with Crippen molar-refractivity contribution < 1.29 is 121 Å². The summed E-state index contributed by atoms with van der Waals surface area (Å²) in [5.74, 6) is -22.8. The average Bonchev–Trinajstić information content (AvgIpc) is 3.66. The Morgan fingerprint density at radius 1 is 0.536 bits per heavy atom. The number of nitrogens with two attached hydrogens (primary N) is 1. The summed E-state index contributed by atoms with van der Waals surface area (Å²) < 4.78 is 15.8. The first-order valence-corrected chi connectivity index (χ1v) is 21.1. The molecule has 0 radical (unpaired) electrons. The smallest absolute Gasteiger partial charge is 0.469 e. The van der Waals surface area contributed by atoms with Gasteiger partial charge in [-0.15, -0.1) is 0 Å². The van der Waals surface area contributed by atoms with Crippen LogP contribution in [0.4, 0.5) is 0 Å². The first-order chi connectivity index (χ1) is 31.9. The standard InChI is InChI=1S/C34H48N9O25P/c35-20(44)7-18(34(63)64)42-29(58)14(3-6-23(48)49)37-28(57)13(2-5-22(46)47)38-30(59)15(8-24(50)51)41-33(62)19(11-68-69(65,66)67)43-32(61)17(10-26(54)55)40-31(60)16(9-25(52)53)39-27(56)12-1-4-21(45)36-12/h12-19H,1-11H2,(H2,35,44)(H,36,45)(H,37,57)(H,38,59)(H,39,56)(H,40,60)(H,41,62)(H,42,58)(H,43,61)(H,46,47)(H,48,49)(H,50,51)(H,52,53)(H,54,55)(H,63,64)(H2,65,66,67)/t12-,13-,14-,15-,16-,17-,18-,19-/m0/s1. The van der Waals surface area contributed by atoms with Crippen LogP contribution in [0, 0.1) is 0 Å². The fraction of sp³-hybridized carbons (Fsp3) is 0.559. The van der Waals surface area contributed by atoms with Crippen molar-refractivity contribution in [1.29, 1.82) is 0 Å². The number of hydrogen-bond acceptors (Lipinski definition) is 17. The van der Waals surface area contributed by atoms with Crippen LogP contribution >= 0.6 is 7.82 Å². The topological polar surface area (TPSA) is 566 Å². The van der Waals surface area contributed by atoms with Gasteiger partial charge in [0.2, 0.25) is 53.2 Å². The zero-order valence-corrected chi connectivity index (χ0v) is 36.3. The molecule has 0 aromatic heterocycles. The molecule has 0 bridgehead atoms. The molecule has 1 saturated heterocycles. The summed E-state index contributed by atoms with van der Waals surface area (Å²) in [7, 11) is -5.59. The fourth-order valence-electron chi connectivity index (χ4n) is 5.70. The van der Waals surface area contributed by atoms with Crippen molar-refractivity contribution in [3.05, 3.63) is 0 Å². The number of carbonyl (C=O) groups is 15. The minimum absolute atomic E-state index is 0.0672. The van der Waals surface area contributed by atoms with Gasteiger partial charge in [0.15, 0.2) is 0 Å². The van der Waals surface area contributed by atoms with Crippen LogP contribution < -0.4 is 48.3 Å². The molecule has 35 heteroatoms. The number of aliphatic carboxylic acids is 6. The van der Waals surface area contributed by atoms with Crippen LogP contribution in [0.15, 0.2) is 0 Å². The zero-order valence-electron chi connectivity index (χ0n) is 35.4. The van der Waals surface area contributed by atoms with Crippen LogP contribution in [0.5, 0.6) is 0 Å². The number of phosphoric acid groups is 1. The van der Waals surface area contributed by atoms with Crippen molar-refractivity contribution in [2.75, 3.05) is 6.61 Å². The van der Waals surface area contributed by atoms with Crippen molar-refractivity contribution in [3.63, 3.8) is 0 Å². The SMILES string of the molecule is NC(=O)C[C@H](NC(=O)[C@H](CCC(=O)O)NC(=O)[C@H](CCC(=O)O)NC(=O)[C@H](CC(=O)O)NC(=O)[C@H](COP(=O)(O)O)NC(=O)[C@H](CC(=O)O)NC(=O)[C@H](CC(=O)O)NC(=O)[C@@H]1CCC(=O)N1)C(=O)O. The highest BCUT2D eigenvalue weighted by Gasteiger charge is 2.38. The Hall–Kier alpha value is -7.84. The summed E-state index contributed by atoms with van der Waals surface area (Å²) >= 11 is 0. The fourth-order valence-corrected chi connectivity index (χ4v) is 6.04. The molecule has 34 nitrogen and oxygen atoms in total. The van der Waals surface area contributed by atoms with Crippen molar-refractivity contribution in [1.82, 2.24) is 42.5 Å². The second-order valence-corrected chi connectivity index (χ2v) is 15.8. The molecule has 18 N–H and O–H groups in total. The maximum Gasteiger partial charge on any atom is 0.469 e. The Bertz CT molecular complexity index is 2100.